The van der Waals surface area contributed by atoms with Crippen molar-refractivity contribution in [1.29, 1.82) is 0 Å². The average Bonchev–Trinajstić information content (AvgIpc) is 2.98. The minimum atomic E-state index is -0.276. The van der Waals surface area contributed by atoms with Gasteiger partial charge in [-0.2, -0.15) is 0 Å². The molecule has 0 bridgehead atoms. The summed E-state index contributed by atoms with van der Waals surface area (Å²) in [6.07, 6.45) is 10.8. The Kier molecular flexibility index (Phi) is 5.51. The van der Waals surface area contributed by atoms with E-state index in [1.54, 1.807) is 5.57 Å². The quantitative estimate of drug-likeness (QED) is 0.698. The number of nitrogens with zero attached hydrogens (tertiary/aromatic N) is 1. The maximum Gasteiger partial charge on any atom is 0.0839 e. The minimum Gasteiger partial charge on any atom is -0.390 e. The molecule has 28 heavy (non-hydrogen) atoms. The summed E-state index contributed by atoms with van der Waals surface area (Å²) in [4.78, 5) is 2.54. The third-order valence-corrected chi connectivity index (χ3v) is 9.83. The number of aliphatic hydroxyl groups excluding tert-OH is 1. The molecule has 4 rings (SSSR count). The lowest BCUT2D eigenvalue weighted by Crippen LogP contribution is -2.63. The molecule has 0 amide bonds. The van der Waals surface area contributed by atoms with Gasteiger partial charge in [-0.05, 0) is 107 Å². The molecule has 160 valence electrons. The van der Waals surface area contributed by atoms with Crippen molar-refractivity contribution >= 4 is 0 Å². The Bertz CT molecular complexity index is 616. The Hall–Kier alpha value is -0.380. The van der Waals surface area contributed by atoms with Crippen LogP contribution in [0.1, 0.15) is 72.6 Å². The van der Waals surface area contributed by atoms with Crippen LogP contribution < -0.4 is 0 Å². The van der Waals surface area contributed by atoms with Crippen LogP contribution in [0.5, 0.6) is 0 Å². The van der Waals surface area contributed by atoms with E-state index in [0.717, 1.165) is 30.6 Å². The molecule has 0 aromatic heterocycles. The fourth-order valence-corrected chi connectivity index (χ4v) is 8.59. The maximum absolute atomic E-state index is 10.7. The number of aliphatic hydroxyl groups is 1. The first-order chi connectivity index (χ1) is 13.3. The molecule has 9 atom stereocenters. The molecule has 1 N–H and O–H groups in total. The molecule has 4 aliphatic rings. The highest BCUT2D eigenvalue weighted by atomic mass is 16.5. The van der Waals surface area contributed by atoms with Gasteiger partial charge in [-0.15, -0.1) is 0 Å². The predicted octanol–water partition coefficient (Wildman–Crippen LogP) is 4.89. The van der Waals surface area contributed by atoms with Gasteiger partial charge < -0.3 is 14.7 Å². The van der Waals surface area contributed by atoms with E-state index < -0.39 is 0 Å². The second-order valence-electron chi connectivity index (χ2n) is 11.1. The van der Waals surface area contributed by atoms with Crippen molar-refractivity contribution in [2.75, 3.05) is 20.7 Å². The van der Waals surface area contributed by atoms with Crippen LogP contribution in [0.25, 0.3) is 0 Å². The van der Waals surface area contributed by atoms with Crippen molar-refractivity contribution in [3.05, 3.63) is 11.6 Å². The first-order valence-corrected chi connectivity index (χ1v) is 11.9. The topological polar surface area (TPSA) is 32.7 Å². The Morgan fingerprint density at radius 2 is 1.93 bits per heavy atom. The molecule has 4 fully saturated rings. The van der Waals surface area contributed by atoms with Crippen LogP contribution in [0.2, 0.25) is 0 Å². The second-order valence-corrected chi connectivity index (χ2v) is 11.1. The van der Waals surface area contributed by atoms with Gasteiger partial charge in [0.1, 0.15) is 0 Å². The van der Waals surface area contributed by atoms with Crippen molar-refractivity contribution in [3.8, 4) is 0 Å². The van der Waals surface area contributed by atoms with E-state index in [9.17, 15) is 5.11 Å². The van der Waals surface area contributed by atoms with E-state index >= 15 is 0 Å². The molecule has 0 aromatic carbocycles. The molecule has 3 heteroatoms. The van der Waals surface area contributed by atoms with Gasteiger partial charge in [0.2, 0.25) is 0 Å². The van der Waals surface area contributed by atoms with Gasteiger partial charge in [0.25, 0.3) is 0 Å². The van der Waals surface area contributed by atoms with Crippen molar-refractivity contribution in [2.45, 2.75) is 90.9 Å². The molecule has 3 nitrogen and oxygen atoms in total. The van der Waals surface area contributed by atoms with Gasteiger partial charge in [-0.3, -0.25) is 0 Å². The Labute approximate surface area is 172 Å². The normalized spacial score (nSPS) is 52.4. The van der Waals surface area contributed by atoms with Crippen LogP contribution in [-0.4, -0.2) is 49.0 Å². The van der Waals surface area contributed by atoms with Gasteiger partial charge in [0, 0.05) is 12.6 Å². The van der Waals surface area contributed by atoms with Gasteiger partial charge in [0.15, 0.2) is 0 Å². The van der Waals surface area contributed by atoms with E-state index in [1.165, 1.54) is 32.1 Å². The molecular formula is C25H43NO2. The van der Waals surface area contributed by atoms with Crippen LogP contribution in [0, 0.1) is 34.5 Å². The number of hydrogen-bond acceptors (Lipinski definition) is 3. The van der Waals surface area contributed by atoms with Gasteiger partial charge in [-0.1, -0.05) is 25.5 Å². The van der Waals surface area contributed by atoms with Crippen LogP contribution in [0.15, 0.2) is 11.6 Å². The van der Waals surface area contributed by atoms with Gasteiger partial charge >= 0.3 is 0 Å². The molecule has 0 spiro atoms. The van der Waals surface area contributed by atoms with Gasteiger partial charge in [0.05, 0.1) is 12.2 Å². The van der Waals surface area contributed by atoms with E-state index in [0.29, 0.717) is 24.0 Å². The third kappa shape index (κ3) is 2.94. The molecule has 4 unspecified atom stereocenters. The maximum atomic E-state index is 10.7. The lowest BCUT2D eigenvalue weighted by atomic mass is 9.43. The largest absolute Gasteiger partial charge is 0.390 e. The highest BCUT2D eigenvalue weighted by molar-refractivity contribution is 5.25. The fraction of sp³-hybridized carbons (Fsp3) is 0.920. The van der Waals surface area contributed by atoms with Gasteiger partial charge in [-0.25, -0.2) is 0 Å². The Balaban J connectivity index is 1.72. The van der Waals surface area contributed by atoms with Crippen LogP contribution in [0.4, 0.5) is 0 Å². The van der Waals surface area contributed by atoms with E-state index in [4.69, 9.17) is 4.74 Å². The fourth-order valence-electron chi connectivity index (χ4n) is 8.59. The zero-order valence-electron chi connectivity index (χ0n) is 19.1. The van der Waals surface area contributed by atoms with E-state index in [1.807, 2.05) is 0 Å². The summed E-state index contributed by atoms with van der Waals surface area (Å²) < 4.78 is 6.05. The first kappa shape index (κ1) is 20.9. The summed E-state index contributed by atoms with van der Waals surface area (Å²) in [6, 6.07) is 0.629. The highest BCUT2D eigenvalue weighted by Gasteiger charge is 2.63. The van der Waals surface area contributed by atoms with Crippen LogP contribution in [0.3, 0.4) is 0 Å². The summed E-state index contributed by atoms with van der Waals surface area (Å²) in [5.41, 5.74) is 2.40. The molecule has 4 aliphatic carbocycles. The van der Waals surface area contributed by atoms with Crippen LogP contribution in [-0.2, 0) is 4.74 Å². The Morgan fingerprint density at radius 1 is 1.18 bits per heavy atom. The summed E-state index contributed by atoms with van der Waals surface area (Å²) in [5.74, 6) is 3.04. The molecule has 0 aromatic rings. The highest BCUT2D eigenvalue weighted by Crippen LogP contribution is 2.67. The SMILES string of the molecule is C/C=C1\CC[C@H]2[C@@H]3CCC4CC(O)C(OCC)C[C@]4(C)[C@H]3C(N(C)C)C[C@]12C. The number of hydrogen-bond donors (Lipinski definition) is 1. The number of ether oxygens (including phenoxy) is 1. The number of allylic oxidation sites excluding steroid dienone is 2. The van der Waals surface area contributed by atoms with E-state index in [-0.39, 0.29) is 17.6 Å². The minimum absolute atomic E-state index is 0.0239. The molecule has 4 saturated carbocycles. The zero-order chi connectivity index (χ0) is 20.3. The average molecular weight is 390 g/mol. The predicted molar refractivity (Wildman–Crippen MR) is 115 cm³/mol. The number of fused-ring (bicyclic) bond motifs is 5. The van der Waals surface area contributed by atoms with Crippen molar-refractivity contribution < 1.29 is 9.84 Å². The molecular weight excluding hydrogens is 346 g/mol. The zero-order valence-corrected chi connectivity index (χ0v) is 19.1. The first-order valence-electron chi connectivity index (χ1n) is 11.9. The molecule has 0 saturated heterocycles. The number of rotatable bonds is 3. The van der Waals surface area contributed by atoms with E-state index in [2.05, 4.69) is 52.8 Å². The van der Waals surface area contributed by atoms with Crippen LogP contribution >= 0.6 is 0 Å². The molecule has 0 radical (unpaired) electrons. The summed E-state index contributed by atoms with van der Waals surface area (Å²) in [5, 5.41) is 10.7. The summed E-state index contributed by atoms with van der Waals surface area (Å²) >= 11 is 0. The second kappa shape index (κ2) is 7.39. The summed E-state index contributed by atoms with van der Waals surface area (Å²) in [6.45, 7) is 10.2. The Morgan fingerprint density at radius 3 is 2.57 bits per heavy atom. The van der Waals surface area contributed by atoms with Crippen molar-refractivity contribution in [1.82, 2.24) is 4.90 Å². The molecule has 0 aliphatic heterocycles. The lowest BCUT2D eigenvalue weighted by Gasteiger charge is -2.64. The molecule has 0 heterocycles. The summed E-state index contributed by atoms with van der Waals surface area (Å²) in [7, 11) is 4.61. The third-order valence-electron chi connectivity index (χ3n) is 9.83. The smallest absolute Gasteiger partial charge is 0.0839 e. The lowest BCUT2D eigenvalue weighted by molar-refractivity contribution is -0.183. The standard InChI is InChI=1S/C25H43NO2/c1-7-16-10-12-19-18-11-9-17-13-21(27)22(28-8-2)15-25(17,4)23(18)20(26(5)6)14-24(16,19)3/h7,17-23,27H,8-15H2,1-6H3/b16-7+/t17?,18-,19-,20?,21?,22?,23+,24+,25-/m0/s1. The van der Waals surface area contributed by atoms with Crippen molar-refractivity contribution in [2.24, 2.45) is 34.5 Å². The van der Waals surface area contributed by atoms with Crippen molar-refractivity contribution in [3.63, 3.8) is 0 Å². The monoisotopic (exact) mass is 389 g/mol.